The van der Waals surface area contributed by atoms with E-state index >= 15 is 0 Å². The number of imidazole rings is 1. The number of benzene rings is 1. The van der Waals surface area contributed by atoms with Crippen molar-refractivity contribution in [2.24, 2.45) is 0 Å². The summed E-state index contributed by atoms with van der Waals surface area (Å²) in [6, 6.07) is 7.13. The molecule has 2 aromatic rings. The summed E-state index contributed by atoms with van der Waals surface area (Å²) in [6.45, 7) is 2.20. The molecule has 1 unspecified atom stereocenters. The highest BCUT2D eigenvalue weighted by molar-refractivity contribution is 5.56. The molecule has 0 fully saturated rings. The average Bonchev–Trinajstić information content (AvgIpc) is 2.74. The number of nitrogens with zero attached hydrogens (tertiary/aromatic N) is 2. The van der Waals surface area contributed by atoms with Crippen LogP contribution in [0.25, 0.3) is 11.4 Å². The van der Waals surface area contributed by atoms with Gasteiger partial charge >= 0.3 is 0 Å². The van der Waals surface area contributed by atoms with Crippen LogP contribution >= 0.6 is 0 Å². The lowest BCUT2D eigenvalue weighted by molar-refractivity contribution is 0.436. The number of rotatable bonds is 1. The number of fused-ring (bicyclic) bond motifs is 1. The standard InChI is InChI=1S/C14H15FN2/c1-10-4-2-7-13-9-16-14(17(10)13)11-5-3-6-12(15)8-11/h3,5-6,8-10H,2,4,7H2,1H3. The Morgan fingerprint density at radius 1 is 1.41 bits per heavy atom. The highest BCUT2D eigenvalue weighted by Gasteiger charge is 2.20. The van der Waals surface area contributed by atoms with E-state index in [1.165, 1.54) is 24.6 Å². The Hall–Kier alpha value is -1.64. The fourth-order valence-electron chi connectivity index (χ4n) is 2.62. The van der Waals surface area contributed by atoms with E-state index in [0.717, 1.165) is 17.8 Å². The minimum absolute atomic E-state index is 0.205. The zero-order valence-electron chi connectivity index (χ0n) is 9.86. The predicted molar refractivity (Wildman–Crippen MR) is 65.3 cm³/mol. The molecule has 2 heterocycles. The van der Waals surface area contributed by atoms with Gasteiger partial charge in [0.05, 0.1) is 0 Å². The van der Waals surface area contributed by atoms with Crippen LogP contribution in [-0.2, 0) is 6.42 Å². The summed E-state index contributed by atoms with van der Waals surface area (Å²) >= 11 is 0. The van der Waals surface area contributed by atoms with Crippen molar-refractivity contribution in [3.05, 3.63) is 42.0 Å². The molecule has 0 bridgehead atoms. The Morgan fingerprint density at radius 3 is 3.12 bits per heavy atom. The van der Waals surface area contributed by atoms with Crippen molar-refractivity contribution in [1.29, 1.82) is 0 Å². The second kappa shape index (κ2) is 3.99. The van der Waals surface area contributed by atoms with Crippen molar-refractivity contribution < 1.29 is 4.39 Å². The van der Waals surface area contributed by atoms with Gasteiger partial charge in [0.2, 0.25) is 0 Å². The van der Waals surface area contributed by atoms with E-state index in [4.69, 9.17) is 0 Å². The van der Waals surface area contributed by atoms with Gasteiger partial charge in [-0.05, 0) is 38.3 Å². The van der Waals surface area contributed by atoms with Crippen LogP contribution in [0.4, 0.5) is 4.39 Å². The zero-order valence-corrected chi connectivity index (χ0v) is 9.86. The predicted octanol–water partition coefficient (Wildman–Crippen LogP) is 3.59. The van der Waals surface area contributed by atoms with E-state index < -0.39 is 0 Å². The molecule has 2 nitrogen and oxygen atoms in total. The van der Waals surface area contributed by atoms with Crippen LogP contribution in [-0.4, -0.2) is 9.55 Å². The fourth-order valence-corrected chi connectivity index (χ4v) is 2.62. The lowest BCUT2D eigenvalue weighted by atomic mass is 10.0. The minimum Gasteiger partial charge on any atom is -0.325 e. The first-order valence-corrected chi connectivity index (χ1v) is 6.08. The lowest BCUT2D eigenvalue weighted by Gasteiger charge is -2.24. The highest BCUT2D eigenvalue weighted by Crippen LogP contribution is 2.30. The summed E-state index contributed by atoms with van der Waals surface area (Å²) in [5.74, 6) is 0.690. The first-order valence-electron chi connectivity index (χ1n) is 6.08. The Kier molecular flexibility index (Phi) is 2.46. The molecule has 0 amide bonds. The number of aromatic nitrogens is 2. The molecule has 0 spiro atoms. The van der Waals surface area contributed by atoms with Crippen LogP contribution in [0.1, 0.15) is 31.5 Å². The molecular weight excluding hydrogens is 215 g/mol. The van der Waals surface area contributed by atoms with Crippen molar-refractivity contribution in [3.8, 4) is 11.4 Å². The van der Waals surface area contributed by atoms with Crippen LogP contribution in [0, 0.1) is 5.82 Å². The van der Waals surface area contributed by atoms with Crippen LogP contribution in [0.3, 0.4) is 0 Å². The summed E-state index contributed by atoms with van der Waals surface area (Å²) < 4.78 is 15.5. The molecular formula is C14H15FN2. The second-order valence-corrected chi connectivity index (χ2v) is 4.69. The van der Waals surface area contributed by atoms with E-state index in [1.807, 2.05) is 12.3 Å². The van der Waals surface area contributed by atoms with E-state index in [9.17, 15) is 4.39 Å². The van der Waals surface area contributed by atoms with Crippen LogP contribution in [0.2, 0.25) is 0 Å². The largest absolute Gasteiger partial charge is 0.325 e. The smallest absolute Gasteiger partial charge is 0.140 e. The monoisotopic (exact) mass is 230 g/mol. The van der Waals surface area contributed by atoms with E-state index in [2.05, 4.69) is 16.5 Å². The van der Waals surface area contributed by atoms with Crippen molar-refractivity contribution in [3.63, 3.8) is 0 Å². The van der Waals surface area contributed by atoms with Gasteiger partial charge in [-0.15, -0.1) is 0 Å². The van der Waals surface area contributed by atoms with Crippen molar-refractivity contribution in [2.75, 3.05) is 0 Å². The van der Waals surface area contributed by atoms with Crippen molar-refractivity contribution in [2.45, 2.75) is 32.2 Å². The van der Waals surface area contributed by atoms with Crippen molar-refractivity contribution in [1.82, 2.24) is 9.55 Å². The summed E-state index contributed by atoms with van der Waals surface area (Å²) in [7, 11) is 0. The summed E-state index contributed by atoms with van der Waals surface area (Å²) in [6.07, 6.45) is 5.39. The molecule has 17 heavy (non-hydrogen) atoms. The topological polar surface area (TPSA) is 17.8 Å². The van der Waals surface area contributed by atoms with E-state index in [-0.39, 0.29) is 5.82 Å². The highest BCUT2D eigenvalue weighted by atomic mass is 19.1. The molecule has 0 saturated carbocycles. The molecule has 1 aliphatic heterocycles. The second-order valence-electron chi connectivity index (χ2n) is 4.69. The maximum atomic E-state index is 13.3. The maximum absolute atomic E-state index is 13.3. The van der Waals surface area contributed by atoms with Crippen molar-refractivity contribution >= 4 is 0 Å². The molecule has 0 saturated heterocycles. The van der Waals surface area contributed by atoms with E-state index in [0.29, 0.717) is 6.04 Å². The van der Waals surface area contributed by atoms with Gasteiger partial charge in [0.15, 0.2) is 0 Å². The molecule has 1 atom stereocenters. The first-order chi connectivity index (χ1) is 8.25. The Morgan fingerprint density at radius 2 is 2.29 bits per heavy atom. The number of halogens is 1. The maximum Gasteiger partial charge on any atom is 0.140 e. The Balaban J connectivity index is 2.13. The molecule has 3 rings (SSSR count). The SMILES string of the molecule is CC1CCCc2cnc(-c3cccc(F)c3)n21. The summed E-state index contributed by atoms with van der Waals surface area (Å²) in [5.41, 5.74) is 2.13. The minimum atomic E-state index is -0.205. The third kappa shape index (κ3) is 1.75. The number of hydrogen-bond acceptors (Lipinski definition) is 1. The first kappa shape index (κ1) is 10.5. The van der Waals surface area contributed by atoms with Crippen LogP contribution in [0.5, 0.6) is 0 Å². The number of hydrogen-bond donors (Lipinski definition) is 0. The van der Waals surface area contributed by atoms with Crippen LogP contribution in [0.15, 0.2) is 30.5 Å². The molecule has 0 radical (unpaired) electrons. The quantitative estimate of drug-likeness (QED) is 0.732. The molecule has 3 heteroatoms. The van der Waals surface area contributed by atoms with Gasteiger partial charge in [-0.2, -0.15) is 0 Å². The number of aryl methyl sites for hydroxylation is 1. The normalized spacial score (nSPS) is 19.1. The van der Waals surface area contributed by atoms with Gasteiger partial charge in [-0.25, -0.2) is 9.37 Å². The molecule has 0 aliphatic carbocycles. The fraction of sp³-hybridized carbons (Fsp3) is 0.357. The molecule has 88 valence electrons. The third-order valence-electron chi connectivity index (χ3n) is 3.45. The molecule has 0 N–H and O–H groups in total. The van der Waals surface area contributed by atoms with Gasteiger partial charge in [-0.1, -0.05) is 12.1 Å². The van der Waals surface area contributed by atoms with Gasteiger partial charge in [-0.3, -0.25) is 0 Å². The summed E-state index contributed by atoms with van der Waals surface area (Å²) in [5, 5.41) is 0. The third-order valence-corrected chi connectivity index (χ3v) is 3.45. The van der Waals surface area contributed by atoms with Gasteiger partial charge in [0.1, 0.15) is 11.6 Å². The van der Waals surface area contributed by atoms with Gasteiger partial charge in [0, 0.05) is 23.5 Å². The molecule has 1 aromatic carbocycles. The summed E-state index contributed by atoms with van der Waals surface area (Å²) in [4.78, 5) is 4.46. The van der Waals surface area contributed by atoms with Crippen LogP contribution < -0.4 is 0 Å². The average molecular weight is 230 g/mol. The lowest BCUT2D eigenvalue weighted by Crippen LogP contribution is -2.15. The van der Waals surface area contributed by atoms with Gasteiger partial charge in [0.25, 0.3) is 0 Å². The van der Waals surface area contributed by atoms with Gasteiger partial charge < -0.3 is 4.57 Å². The van der Waals surface area contributed by atoms with E-state index in [1.54, 1.807) is 12.1 Å². The molecule has 1 aromatic heterocycles. The zero-order chi connectivity index (χ0) is 11.8. The Labute approximate surface area is 100 Å². The Bertz CT molecular complexity index is 545. The molecule has 1 aliphatic rings.